The van der Waals surface area contributed by atoms with Gasteiger partial charge in [0.15, 0.2) is 5.96 Å². The number of guanidine groups is 1. The molecule has 0 amide bonds. The molecule has 1 aromatic rings. The van der Waals surface area contributed by atoms with E-state index in [1.807, 2.05) is 0 Å². The Morgan fingerprint density at radius 1 is 1.33 bits per heavy atom. The number of aliphatic imine (C=N–C) groups is 1. The smallest absolute Gasteiger partial charge is 0.213 e. The second kappa shape index (κ2) is 10.6. The fourth-order valence-electron chi connectivity index (χ4n) is 3.42. The Bertz CT molecular complexity index is 684. The summed E-state index contributed by atoms with van der Waals surface area (Å²) in [4.78, 5) is 10.7. The highest BCUT2D eigenvalue weighted by molar-refractivity contribution is 14.0. The first kappa shape index (κ1) is 22.3. The highest BCUT2D eigenvalue weighted by atomic mass is 127. The molecule has 2 fully saturated rings. The maximum absolute atomic E-state index is 12.1. The number of aromatic amines is 1. The van der Waals surface area contributed by atoms with Crippen LogP contribution in [0, 0.1) is 5.92 Å². The third-order valence-corrected chi connectivity index (χ3v) is 6.65. The van der Waals surface area contributed by atoms with E-state index < -0.39 is 10.0 Å². The topological polar surface area (TPSA) is 115 Å². The van der Waals surface area contributed by atoms with E-state index in [-0.39, 0.29) is 29.7 Å². The van der Waals surface area contributed by atoms with Crippen LogP contribution in [0.15, 0.2) is 11.3 Å². The molecule has 1 aliphatic heterocycles. The van der Waals surface area contributed by atoms with Gasteiger partial charge in [-0.25, -0.2) is 18.1 Å². The van der Waals surface area contributed by atoms with E-state index in [2.05, 4.69) is 35.1 Å². The summed E-state index contributed by atoms with van der Waals surface area (Å²) in [7, 11) is -1.50. The first-order chi connectivity index (χ1) is 12.6. The summed E-state index contributed by atoms with van der Waals surface area (Å²) < 4.78 is 26.9. The number of nitrogens with zero attached hydrogens (tertiary/aromatic N) is 4. The first-order valence-electron chi connectivity index (χ1n) is 9.35. The van der Waals surface area contributed by atoms with E-state index in [1.165, 1.54) is 6.42 Å². The van der Waals surface area contributed by atoms with Gasteiger partial charge in [-0.1, -0.05) is 6.42 Å². The molecule has 0 unspecified atom stereocenters. The lowest BCUT2D eigenvalue weighted by Gasteiger charge is -2.33. The number of hydrogen-bond acceptors (Lipinski definition) is 5. The van der Waals surface area contributed by atoms with Crippen LogP contribution in [0.4, 0.5) is 0 Å². The zero-order chi connectivity index (χ0) is 18.4. The minimum atomic E-state index is -3.23. The second-order valence-corrected chi connectivity index (χ2v) is 9.00. The van der Waals surface area contributed by atoms with E-state index in [1.54, 1.807) is 13.4 Å². The Labute approximate surface area is 178 Å². The van der Waals surface area contributed by atoms with Crippen molar-refractivity contribution in [2.75, 3.05) is 39.0 Å². The molecular formula is C16H30IN7O2S. The second-order valence-electron chi connectivity index (χ2n) is 7.07. The van der Waals surface area contributed by atoms with Gasteiger partial charge in [0.25, 0.3) is 0 Å². The highest BCUT2D eigenvalue weighted by Gasteiger charge is 2.25. The van der Waals surface area contributed by atoms with Crippen LogP contribution < -0.4 is 10.0 Å². The fraction of sp³-hybridized carbons (Fsp3) is 0.812. The number of sulfonamides is 1. The molecule has 1 aromatic heterocycles. The summed E-state index contributed by atoms with van der Waals surface area (Å²) in [6, 6.07) is 0. The normalized spacial score (nSPS) is 19.4. The molecule has 0 bridgehead atoms. The van der Waals surface area contributed by atoms with E-state index in [9.17, 15) is 8.42 Å². The van der Waals surface area contributed by atoms with Gasteiger partial charge in [0.1, 0.15) is 12.2 Å². The molecule has 1 saturated carbocycles. The van der Waals surface area contributed by atoms with E-state index >= 15 is 0 Å². The molecule has 3 rings (SSSR count). The predicted molar refractivity (Wildman–Crippen MR) is 116 cm³/mol. The zero-order valence-corrected chi connectivity index (χ0v) is 18.9. The average molecular weight is 511 g/mol. The van der Waals surface area contributed by atoms with Gasteiger partial charge in [0.05, 0.1) is 5.75 Å². The monoisotopic (exact) mass is 511 g/mol. The molecule has 27 heavy (non-hydrogen) atoms. The maximum Gasteiger partial charge on any atom is 0.213 e. The third-order valence-electron chi connectivity index (χ3n) is 5.30. The van der Waals surface area contributed by atoms with Crippen molar-refractivity contribution in [1.82, 2.24) is 30.1 Å². The van der Waals surface area contributed by atoms with Crippen LogP contribution in [0.3, 0.4) is 0 Å². The van der Waals surface area contributed by atoms with Crippen LogP contribution in [0.5, 0.6) is 0 Å². The van der Waals surface area contributed by atoms with Crippen LogP contribution >= 0.6 is 24.0 Å². The van der Waals surface area contributed by atoms with E-state index in [0.717, 1.165) is 50.6 Å². The Hall–Kier alpha value is -0.950. The Balaban J connectivity index is 0.00000261. The molecule has 3 N–H and O–H groups in total. The summed E-state index contributed by atoms with van der Waals surface area (Å²) in [5, 5.41) is 10.0. The van der Waals surface area contributed by atoms with Gasteiger partial charge in [-0.2, -0.15) is 5.10 Å². The molecular weight excluding hydrogens is 481 g/mol. The fourth-order valence-corrected chi connectivity index (χ4v) is 4.42. The Morgan fingerprint density at radius 2 is 2.07 bits per heavy atom. The van der Waals surface area contributed by atoms with Crippen molar-refractivity contribution in [1.29, 1.82) is 0 Å². The van der Waals surface area contributed by atoms with Crippen molar-refractivity contribution in [2.45, 2.75) is 38.0 Å². The Morgan fingerprint density at radius 3 is 2.63 bits per heavy atom. The van der Waals surface area contributed by atoms with Crippen LogP contribution in [0.1, 0.15) is 43.8 Å². The minimum Gasteiger partial charge on any atom is -0.355 e. The predicted octanol–water partition coefficient (Wildman–Crippen LogP) is 0.897. The lowest BCUT2D eigenvalue weighted by atomic mass is 9.86. The molecule has 2 aliphatic rings. The van der Waals surface area contributed by atoms with Crippen molar-refractivity contribution in [2.24, 2.45) is 10.9 Å². The summed E-state index contributed by atoms with van der Waals surface area (Å²) in [5.41, 5.74) is 0. The lowest BCUT2D eigenvalue weighted by Crippen LogP contribution is -2.47. The Kier molecular flexibility index (Phi) is 8.73. The van der Waals surface area contributed by atoms with E-state index in [0.29, 0.717) is 24.9 Å². The number of halogens is 1. The summed E-state index contributed by atoms with van der Waals surface area (Å²) in [5.74, 6) is 2.68. The number of H-pyrrole nitrogens is 1. The molecule has 0 atom stereocenters. The van der Waals surface area contributed by atoms with Crippen LogP contribution in [-0.4, -0.2) is 73.4 Å². The van der Waals surface area contributed by atoms with Crippen molar-refractivity contribution < 1.29 is 8.42 Å². The molecule has 1 aliphatic carbocycles. The number of rotatable bonds is 7. The summed E-state index contributed by atoms with van der Waals surface area (Å²) in [6.45, 7) is 2.65. The van der Waals surface area contributed by atoms with Gasteiger partial charge in [-0.3, -0.25) is 10.1 Å². The van der Waals surface area contributed by atoms with Crippen LogP contribution in [0.25, 0.3) is 0 Å². The molecule has 0 spiro atoms. The number of hydrogen-bond donors (Lipinski definition) is 3. The largest absolute Gasteiger partial charge is 0.355 e. The number of likely N-dealkylation sites (tertiary alicyclic amines) is 1. The van der Waals surface area contributed by atoms with Crippen molar-refractivity contribution in [3.05, 3.63) is 12.2 Å². The van der Waals surface area contributed by atoms with Gasteiger partial charge < -0.3 is 10.2 Å². The summed E-state index contributed by atoms with van der Waals surface area (Å²) >= 11 is 0. The van der Waals surface area contributed by atoms with Crippen molar-refractivity contribution in [3.8, 4) is 0 Å². The lowest BCUT2D eigenvalue weighted by molar-refractivity contribution is 0.299. The van der Waals surface area contributed by atoms with Gasteiger partial charge in [-0.05, 0) is 31.6 Å². The van der Waals surface area contributed by atoms with Gasteiger partial charge >= 0.3 is 0 Å². The van der Waals surface area contributed by atoms with Crippen LogP contribution in [-0.2, 0) is 10.0 Å². The average Bonchev–Trinajstić information content (AvgIpc) is 3.12. The van der Waals surface area contributed by atoms with Crippen LogP contribution in [0.2, 0.25) is 0 Å². The molecule has 2 heterocycles. The molecule has 154 valence electrons. The molecule has 9 nitrogen and oxygen atoms in total. The highest BCUT2D eigenvalue weighted by Crippen LogP contribution is 2.25. The summed E-state index contributed by atoms with van der Waals surface area (Å²) in [6.07, 6.45) is 6.97. The number of aromatic nitrogens is 3. The molecule has 0 aromatic carbocycles. The quantitative estimate of drug-likeness (QED) is 0.285. The molecule has 11 heteroatoms. The molecule has 0 radical (unpaired) electrons. The zero-order valence-electron chi connectivity index (χ0n) is 15.7. The SMILES string of the molecule is CN=C(NCCS(=O)(=O)NCC1CCC1)N1CCC(c2ncn[nH]2)CC1.I. The molecule has 1 saturated heterocycles. The van der Waals surface area contributed by atoms with Crippen molar-refractivity contribution >= 4 is 40.0 Å². The minimum absolute atomic E-state index is 0. The number of piperidine rings is 1. The van der Waals surface area contributed by atoms with Crippen molar-refractivity contribution in [3.63, 3.8) is 0 Å². The number of nitrogens with one attached hydrogen (secondary N) is 3. The third kappa shape index (κ3) is 6.56. The first-order valence-corrected chi connectivity index (χ1v) is 11.0. The standard InChI is InChI=1S/C16H29N7O2S.HI/c1-17-16(18-7-10-26(24,25)21-11-13-3-2-4-13)23-8-5-14(6-9-23)15-19-12-20-22-15;/h12-14,21H,2-11H2,1H3,(H,17,18)(H,19,20,22);1H. The van der Waals surface area contributed by atoms with Gasteiger partial charge in [-0.15, -0.1) is 24.0 Å². The van der Waals surface area contributed by atoms with Gasteiger partial charge in [0.2, 0.25) is 10.0 Å². The maximum atomic E-state index is 12.1. The van der Waals surface area contributed by atoms with E-state index in [4.69, 9.17) is 0 Å². The van der Waals surface area contributed by atoms with Gasteiger partial charge in [0, 0.05) is 39.1 Å².